The van der Waals surface area contributed by atoms with Gasteiger partial charge < -0.3 is 11.1 Å². The molecule has 2 saturated carbocycles. The fourth-order valence-corrected chi connectivity index (χ4v) is 4.65. The molecule has 2 fully saturated rings. The van der Waals surface area contributed by atoms with Crippen molar-refractivity contribution in [2.24, 2.45) is 18.7 Å². The van der Waals surface area contributed by atoms with Gasteiger partial charge in [-0.1, -0.05) is 11.6 Å². The van der Waals surface area contributed by atoms with Gasteiger partial charge in [-0.3, -0.25) is 14.2 Å². The van der Waals surface area contributed by atoms with Gasteiger partial charge in [-0.2, -0.15) is 10.2 Å². The molecule has 1 amide bonds. The van der Waals surface area contributed by atoms with Crippen molar-refractivity contribution in [2.45, 2.75) is 57.0 Å². The molecule has 0 saturated heterocycles. The molecule has 0 aromatic carbocycles. The van der Waals surface area contributed by atoms with Crippen molar-refractivity contribution in [1.29, 1.82) is 0 Å². The first kappa shape index (κ1) is 20.9. The second-order valence-corrected chi connectivity index (χ2v) is 9.30. The highest BCUT2D eigenvalue weighted by molar-refractivity contribution is 6.32. The summed E-state index contributed by atoms with van der Waals surface area (Å²) < 4.78 is 3.79. The largest absolute Gasteiger partial charge is 0.366 e. The number of nitrogens with two attached hydrogens (primary N) is 1. The molecule has 5 rings (SSSR count). The normalized spacial score (nSPS) is 20.9. The van der Waals surface area contributed by atoms with Crippen LogP contribution in [0, 0.1) is 5.92 Å². The number of primary amides is 1. The molecule has 3 N–H and O–H groups in total. The number of nitrogens with zero attached hydrogens (tertiary/aromatic N) is 6. The first-order valence-corrected chi connectivity index (χ1v) is 11.5. The Labute approximate surface area is 191 Å². The molecular weight excluding hydrogens is 428 g/mol. The molecule has 9 nitrogen and oxygen atoms in total. The standard InChI is InChI=1S/C22H27ClN8O/c1-30-19(8-13-2-3-13)17(10-26-30)20-18(23)11-25-22(29-20)28-15-4-6-16(7-5-15)31-12-14(9-27-31)21(24)32/h9-13,15-16H,2-8H2,1H3,(H2,24,32)(H,25,28,29). The fourth-order valence-electron chi connectivity index (χ4n) is 4.46. The van der Waals surface area contributed by atoms with Crippen LogP contribution >= 0.6 is 11.6 Å². The van der Waals surface area contributed by atoms with Gasteiger partial charge in [0.1, 0.15) is 0 Å². The number of carbonyl (C=O) groups is 1. The second-order valence-electron chi connectivity index (χ2n) is 8.89. The monoisotopic (exact) mass is 454 g/mol. The lowest BCUT2D eigenvalue weighted by Crippen LogP contribution is -2.28. The Morgan fingerprint density at radius 3 is 2.62 bits per heavy atom. The van der Waals surface area contributed by atoms with Gasteiger partial charge in [0, 0.05) is 30.5 Å². The van der Waals surface area contributed by atoms with Crippen LogP contribution < -0.4 is 11.1 Å². The van der Waals surface area contributed by atoms with Gasteiger partial charge in [0.25, 0.3) is 5.91 Å². The molecule has 3 aromatic rings. The maximum Gasteiger partial charge on any atom is 0.251 e. The Balaban J connectivity index is 1.26. The number of rotatable bonds is 7. The van der Waals surface area contributed by atoms with Crippen molar-refractivity contribution in [3.63, 3.8) is 0 Å². The average Bonchev–Trinajstić information content (AvgIpc) is 3.33. The lowest BCUT2D eigenvalue weighted by molar-refractivity contribution is 0.1000. The number of hydrogen-bond acceptors (Lipinski definition) is 6. The van der Waals surface area contributed by atoms with Crippen molar-refractivity contribution in [3.8, 4) is 11.3 Å². The van der Waals surface area contributed by atoms with Gasteiger partial charge in [-0.25, -0.2) is 9.97 Å². The molecular formula is C22H27ClN8O. The van der Waals surface area contributed by atoms with E-state index < -0.39 is 5.91 Å². The Morgan fingerprint density at radius 2 is 1.94 bits per heavy atom. The predicted molar refractivity (Wildman–Crippen MR) is 121 cm³/mol. The number of amides is 1. The number of carbonyl (C=O) groups excluding carboxylic acids is 1. The molecule has 3 heterocycles. The van der Waals surface area contributed by atoms with E-state index in [1.807, 2.05) is 22.6 Å². The van der Waals surface area contributed by atoms with E-state index in [1.165, 1.54) is 24.7 Å². The van der Waals surface area contributed by atoms with Gasteiger partial charge >= 0.3 is 0 Å². The second kappa shape index (κ2) is 8.54. The first-order chi connectivity index (χ1) is 15.5. The highest BCUT2D eigenvalue weighted by Gasteiger charge is 2.27. The lowest BCUT2D eigenvalue weighted by atomic mass is 9.91. The summed E-state index contributed by atoms with van der Waals surface area (Å²) >= 11 is 6.49. The van der Waals surface area contributed by atoms with Crippen molar-refractivity contribution < 1.29 is 4.79 Å². The lowest BCUT2D eigenvalue weighted by Gasteiger charge is -2.29. The summed E-state index contributed by atoms with van der Waals surface area (Å²) in [5.74, 6) is 0.881. The number of aryl methyl sites for hydroxylation is 1. The van der Waals surface area contributed by atoms with E-state index in [4.69, 9.17) is 22.3 Å². The quantitative estimate of drug-likeness (QED) is 0.565. The summed E-state index contributed by atoms with van der Waals surface area (Å²) in [4.78, 5) is 20.5. The Bertz CT molecular complexity index is 1130. The van der Waals surface area contributed by atoms with Gasteiger partial charge in [0.05, 0.1) is 40.9 Å². The van der Waals surface area contributed by atoms with Crippen LogP contribution in [0.25, 0.3) is 11.3 Å². The molecule has 0 bridgehead atoms. The molecule has 2 aliphatic rings. The third kappa shape index (κ3) is 4.34. The van der Waals surface area contributed by atoms with Crippen molar-refractivity contribution in [2.75, 3.05) is 5.32 Å². The van der Waals surface area contributed by atoms with Gasteiger partial charge in [0.2, 0.25) is 5.95 Å². The first-order valence-electron chi connectivity index (χ1n) is 11.1. The summed E-state index contributed by atoms with van der Waals surface area (Å²) in [5, 5.41) is 12.8. The summed E-state index contributed by atoms with van der Waals surface area (Å²) in [6.45, 7) is 0. The summed E-state index contributed by atoms with van der Waals surface area (Å²) in [6, 6.07) is 0.537. The molecule has 0 radical (unpaired) electrons. The molecule has 0 spiro atoms. The highest BCUT2D eigenvalue weighted by Crippen LogP contribution is 2.37. The molecule has 0 atom stereocenters. The van der Waals surface area contributed by atoms with Crippen molar-refractivity contribution in [1.82, 2.24) is 29.5 Å². The number of aromatic nitrogens is 6. The minimum absolute atomic E-state index is 0.267. The van der Waals surface area contributed by atoms with E-state index in [0.717, 1.165) is 49.3 Å². The minimum Gasteiger partial charge on any atom is -0.366 e. The summed E-state index contributed by atoms with van der Waals surface area (Å²) in [5.41, 5.74) is 8.68. The molecule has 3 aromatic heterocycles. The van der Waals surface area contributed by atoms with Crippen molar-refractivity contribution in [3.05, 3.63) is 41.1 Å². The van der Waals surface area contributed by atoms with Crippen LogP contribution in [0.15, 0.2) is 24.8 Å². The van der Waals surface area contributed by atoms with Crippen LogP contribution in [0.5, 0.6) is 0 Å². The van der Waals surface area contributed by atoms with Crippen LogP contribution in [0.4, 0.5) is 5.95 Å². The van der Waals surface area contributed by atoms with Gasteiger partial charge in [0.15, 0.2) is 0 Å². The Morgan fingerprint density at radius 1 is 1.16 bits per heavy atom. The van der Waals surface area contributed by atoms with Crippen LogP contribution in [0.2, 0.25) is 5.02 Å². The van der Waals surface area contributed by atoms with Crippen LogP contribution in [0.1, 0.15) is 60.6 Å². The zero-order valence-electron chi connectivity index (χ0n) is 18.0. The molecule has 32 heavy (non-hydrogen) atoms. The molecule has 2 aliphatic carbocycles. The van der Waals surface area contributed by atoms with E-state index >= 15 is 0 Å². The van der Waals surface area contributed by atoms with E-state index in [9.17, 15) is 4.79 Å². The van der Waals surface area contributed by atoms with Gasteiger partial charge in [-0.15, -0.1) is 0 Å². The maximum absolute atomic E-state index is 11.3. The zero-order chi connectivity index (χ0) is 22.2. The topological polar surface area (TPSA) is 117 Å². The average molecular weight is 455 g/mol. The third-order valence-corrected chi connectivity index (χ3v) is 6.81. The van der Waals surface area contributed by atoms with Gasteiger partial charge in [-0.05, 0) is 50.9 Å². The highest BCUT2D eigenvalue weighted by atomic mass is 35.5. The molecule has 0 aliphatic heterocycles. The minimum atomic E-state index is -0.448. The number of nitrogens with one attached hydrogen (secondary N) is 1. The predicted octanol–water partition coefficient (Wildman–Crippen LogP) is 3.37. The van der Waals surface area contributed by atoms with Crippen molar-refractivity contribution >= 4 is 23.5 Å². The van der Waals surface area contributed by atoms with Crippen LogP contribution in [-0.2, 0) is 13.5 Å². The summed E-state index contributed by atoms with van der Waals surface area (Å²) in [6.07, 6.45) is 14.2. The fraction of sp³-hybridized carbons (Fsp3) is 0.500. The number of halogens is 1. The van der Waals surface area contributed by atoms with E-state index in [2.05, 4.69) is 20.5 Å². The Kier molecular flexibility index (Phi) is 5.58. The molecule has 0 unspecified atom stereocenters. The summed E-state index contributed by atoms with van der Waals surface area (Å²) in [7, 11) is 1.97. The van der Waals surface area contributed by atoms with Crippen LogP contribution in [-0.4, -0.2) is 41.5 Å². The smallest absolute Gasteiger partial charge is 0.251 e. The SMILES string of the molecule is Cn1ncc(-c2nc(NC3CCC(n4cc(C(N)=O)cn4)CC3)ncc2Cl)c1CC1CC1. The van der Waals surface area contributed by atoms with E-state index in [1.54, 1.807) is 12.4 Å². The molecule has 10 heteroatoms. The third-order valence-electron chi connectivity index (χ3n) is 6.53. The maximum atomic E-state index is 11.3. The number of hydrogen-bond donors (Lipinski definition) is 2. The van der Waals surface area contributed by atoms with Crippen LogP contribution in [0.3, 0.4) is 0 Å². The van der Waals surface area contributed by atoms with E-state index in [-0.39, 0.29) is 12.1 Å². The van der Waals surface area contributed by atoms with E-state index in [0.29, 0.717) is 16.5 Å². The number of anilines is 1. The Hall–Kier alpha value is -2.94. The zero-order valence-corrected chi connectivity index (χ0v) is 18.8. The molecule has 168 valence electrons.